The lowest BCUT2D eigenvalue weighted by molar-refractivity contribution is -0.130. The molecule has 152 valence electrons. The second-order valence-corrected chi connectivity index (χ2v) is 10.8. The van der Waals surface area contributed by atoms with Gasteiger partial charge in [0.1, 0.15) is 5.54 Å². The maximum atomic E-state index is 13.0. The molecule has 0 aromatic heterocycles. The Morgan fingerprint density at radius 1 is 1.21 bits per heavy atom. The van der Waals surface area contributed by atoms with Gasteiger partial charge >= 0.3 is 0 Å². The Morgan fingerprint density at radius 3 is 2.54 bits per heavy atom. The van der Waals surface area contributed by atoms with E-state index in [1.807, 2.05) is 0 Å². The summed E-state index contributed by atoms with van der Waals surface area (Å²) in [6.45, 7) is 3.14. The summed E-state index contributed by atoms with van der Waals surface area (Å²) in [4.78, 5) is 25.1. The van der Waals surface area contributed by atoms with E-state index in [1.54, 1.807) is 32.0 Å². The Balaban J connectivity index is 1.47. The lowest BCUT2D eigenvalue weighted by Crippen LogP contribution is -2.58. The zero-order valence-electron chi connectivity index (χ0n) is 16.1. The molecule has 3 fully saturated rings. The van der Waals surface area contributed by atoms with Gasteiger partial charge in [0.2, 0.25) is 21.8 Å². The standard InChI is InChI=1S/C20H27N3O4S/c1-19(2,23-28(26,27)13-6-4-3-5-7-13)18(25)22-16-12-10-15-14(16)8-9-20(15,11-12)17(21)24/h3-7,12,14-16,23H,8-11H2,1-2H3,(H2,21,24)(H,22,25). The number of amides is 2. The molecule has 5 unspecified atom stereocenters. The molecule has 28 heavy (non-hydrogen) atoms. The van der Waals surface area contributed by atoms with Gasteiger partial charge in [-0.15, -0.1) is 0 Å². The zero-order chi connectivity index (χ0) is 20.3. The van der Waals surface area contributed by atoms with Crippen LogP contribution in [0.1, 0.15) is 39.5 Å². The summed E-state index contributed by atoms with van der Waals surface area (Å²) in [7, 11) is -3.81. The van der Waals surface area contributed by atoms with E-state index in [4.69, 9.17) is 5.73 Å². The average molecular weight is 406 g/mol. The molecule has 4 N–H and O–H groups in total. The van der Waals surface area contributed by atoms with Gasteiger partial charge in [0, 0.05) is 6.04 Å². The molecule has 5 atom stereocenters. The van der Waals surface area contributed by atoms with Gasteiger partial charge in [0.15, 0.2) is 0 Å². The number of hydrogen-bond acceptors (Lipinski definition) is 4. The van der Waals surface area contributed by atoms with Crippen molar-refractivity contribution >= 4 is 21.8 Å². The van der Waals surface area contributed by atoms with Crippen LogP contribution in [0.15, 0.2) is 35.2 Å². The van der Waals surface area contributed by atoms with E-state index < -0.39 is 15.6 Å². The van der Waals surface area contributed by atoms with Gasteiger partial charge in [0.05, 0.1) is 10.3 Å². The minimum Gasteiger partial charge on any atom is -0.369 e. The smallest absolute Gasteiger partial charge is 0.241 e. The first kappa shape index (κ1) is 19.4. The lowest BCUT2D eigenvalue weighted by Gasteiger charge is -2.36. The van der Waals surface area contributed by atoms with Gasteiger partial charge in [-0.1, -0.05) is 18.2 Å². The third-order valence-electron chi connectivity index (χ3n) is 7.10. The lowest BCUT2D eigenvalue weighted by atomic mass is 9.72. The highest BCUT2D eigenvalue weighted by Gasteiger charge is 2.66. The van der Waals surface area contributed by atoms with E-state index in [2.05, 4.69) is 10.0 Å². The van der Waals surface area contributed by atoms with Crippen LogP contribution < -0.4 is 15.8 Å². The molecule has 1 aromatic carbocycles. The van der Waals surface area contributed by atoms with Crippen molar-refractivity contribution in [1.29, 1.82) is 0 Å². The Kier molecular flexibility index (Phi) is 4.35. The van der Waals surface area contributed by atoms with Crippen molar-refractivity contribution in [3.8, 4) is 0 Å². The molecule has 3 saturated carbocycles. The van der Waals surface area contributed by atoms with Gasteiger partial charge in [-0.25, -0.2) is 8.42 Å². The van der Waals surface area contributed by atoms with Crippen molar-refractivity contribution in [2.24, 2.45) is 28.9 Å². The number of nitrogens with two attached hydrogens (primary N) is 1. The summed E-state index contributed by atoms with van der Waals surface area (Å²) >= 11 is 0. The molecule has 4 rings (SSSR count). The quantitative estimate of drug-likeness (QED) is 0.658. The summed E-state index contributed by atoms with van der Waals surface area (Å²) in [6.07, 6.45) is 3.31. The maximum Gasteiger partial charge on any atom is 0.241 e. The van der Waals surface area contributed by atoms with Crippen molar-refractivity contribution in [3.05, 3.63) is 30.3 Å². The van der Waals surface area contributed by atoms with Crippen molar-refractivity contribution in [1.82, 2.24) is 10.0 Å². The molecular weight excluding hydrogens is 378 g/mol. The molecule has 2 amide bonds. The molecule has 0 saturated heterocycles. The van der Waals surface area contributed by atoms with Crippen LogP contribution in [0.3, 0.4) is 0 Å². The SMILES string of the molecule is CC(C)(NS(=O)(=O)c1ccccc1)C(=O)NC1C2CC3C1CCC3(C(N)=O)C2. The summed E-state index contributed by atoms with van der Waals surface area (Å²) in [5.41, 5.74) is 4.01. The van der Waals surface area contributed by atoms with Crippen molar-refractivity contribution in [2.75, 3.05) is 0 Å². The molecule has 3 aliphatic carbocycles. The first-order valence-corrected chi connectivity index (χ1v) is 11.2. The van der Waals surface area contributed by atoms with E-state index in [0.29, 0.717) is 0 Å². The number of carbonyl (C=O) groups is 2. The summed E-state index contributed by atoms with van der Waals surface area (Å²) in [5, 5.41) is 3.09. The second-order valence-electron chi connectivity index (χ2n) is 9.07. The Bertz CT molecular complexity index is 915. The Hall–Kier alpha value is -1.93. The van der Waals surface area contributed by atoms with Crippen molar-refractivity contribution in [3.63, 3.8) is 0 Å². The largest absolute Gasteiger partial charge is 0.369 e. The average Bonchev–Trinajstić information content (AvgIpc) is 3.23. The predicted molar refractivity (Wildman–Crippen MR) is 103 cm³/mol. The van der Waals surface area contributed by atoms with Crippen LogP contribution in [0.25, 0.3) is 0 Å². The normalized spacial score (nSPS) is 33.8. The third-order valence-corrected chi connectivity index (χ3v) is 8.77. The monoisotopic (exact) mass is 405 g/mol. The summed E-state index contributed by atoms with van der Waals surface area (Å²) in [5.74, 6) is 0.168. The van der Waals surface area contributed by atoms with Crippen LogP contribution in [0, 0.1) is 23.2 Å². The molecule has 0 radical (unpaired) electrons. The fourth-order valence-corrected chi connectivity index (χ4v) is 7.21. The zero-order valence-corrected chi connectivity index (χ0v) is 17.0. The van der Waals surface area contributed by atoms with Gasteiger partial charge in [0.25, 0.3) is 0 Å². The highest BCUT2D eigenvalue weighted by Crippen LogP contribution is 2.66. The van der Waals surface area contributed by atoms with Crippen LogP contribution in [-0.4, -0.2) is 31.8 Å². The molecule has 0 spiro atoms. The molecule has 8 heteroatoms. The molecule has 0 aliphatic heterocycles. The maximum absolute atomic E-state index is 13.0. The highest BCUT2D eigenvalue weighted by atomic mass is 32.2. The number of hydrogen-bond donors (Lipinski definition) is 3. The number of sulfonamides is 1. The summed E-state index contributed by atoms with van der Waals surface area (Å²) in [6, 6.07) is 7.99. The number of carbonyl (C=O) groups excluding carboxylic acids is 2. The Labute approximate surface area is 165 Å². The van der Waals surface area contributed by atoms with Gasteiger partial charge < -0.3 is 11.1 Å². The number of benzene rings is 1. The van der Waals surface area contributed by atoms with Gasteiger partial charge in [-0.3, -0.25) is 9.59 Å². The van der Waals surface area contributed by atoms with Gasteiger partial charge in [-0.05, 0) is 69.4 Å². The number of primary amides is 1. The van der Waals surface area contributed by atoms with E-state index in [0.717, 1.165) is 25.7 Å². The van der Waals surface area contributed by atoms with E-state index in [9.17, 15) is 18.0 Å². The molecule has 2 bridgehead atoms. The molecule has 1 aromatic rings. The van der Waals surface area contributed by atoms with Crippen molar-refractivity contribution in [2.45, 2.75) is 56.0 Å². The highest BCUT2D eigenvalue weighted by molar-refractivity contribution is 7.89. The van der Waals surface area contributed by atoms with E-state index in [-0.39, 0.29) is 45.9 Å². The predicted octanol–water partition coefficient (Wildman–Crippen LogP) is 1.15. The van der Waals surface area contributed by atoms with Gasteiger partial charge in [-0.2, -0.15) is 4.72 Å². The first-order chi connectivity index (χ1) is 13.1. The fourth-order valence-electron chi connectivity index (χ4n) is 5.81. The summed E-state index contributed by atoms with van der Waals surface area (Å²) < 4.78 is 27.8. The van der Waals surface area contributed by atoms with Crippen LogP contribution >= 0.6 is 0 Å². The van der Waals surface area contributed by atoms with E-state index in [1.165, 1.54) is 12.1 Å². The number of nitrogens with one attached hydrogen (secondary N) is 2. The van der Waals surface area contributed by atoms with Crippen LogP contribution in [0.5, 0.6) is 0 Å². The number of fused-ring (bicyclic) bond motifs is 1. The third kappa shape index (κ3) is 2.85. The molecule has 0 heterocycles. The second kappa shape index (κ2) is 6.29. The van der Waals surface area contributed by atoms with Crippen LogP contribution in [0.4, 0.5) is 0 Å². The molecule has 7 nitrogen and oxygen atoms in total. The van der Waals surface area contributed by atoms with E-state index >= 15 is 0 Å². The number of rotatable bonds is 6. The Morgan fingerprint density at radius 2 is 1.89 bits per heavy atom. The topological polar surface area (TPSA) is 118 Å². The minimum absolute atomic E-state index is 0.0204. The van der Waals surface area contributed by atoms with Crippen LogP contribution in [0.2, 0.25) is 0 Å². The molecule has 3 aliphatic rings. The van der Waals surface area contributed by atoms with Crippen molar-refractivity contribution < 1.29 is 18.0 Å². The first-order valence-electron chi connectivity index (χ1n) is 9.77. The molecular formula is C20H27N3O4S. The fraction of sp³-hybridized carbons (Fsp3) is 0.600. The minimum atomic E-state index is -3.81. The van der Waals surface area contributed by atoms with Crippen LogP contribution in [-0.2, 0) is 19.6 Å².